The van der Waals surface area contributed by atoms with Crippen LogP contribution in [-0.4, -0.2) is 26.2 Å². The molecule has 0 amide bonds. The smallest absolute Gasteiger partial charge is 0.287 e. The summed E-state index contributed by atoms with van der Waals surface area (Å²) in [6.45, 7) is 0. The lowest BCUT2D eigenvalue weighted by Gasteiger charge is -2.04. The van der Waals surface area contributed by atoms with Gasteiger partial charge in [-0.3, -0.25) is 19.1 Å². The molecular weight excluding hydrogens is 440 g/mol. The molecule has 3 aromatic rings. The molecule has 0 saturated heterocycles. The van der Waals surface area contributed by atoms with E-state index in [0.717, 1.165) is 12.4 Å². The largest absolute Gasteiger partial charge is 0.439 e. The highest BCUT2D eigenvalue weighted by molar-refractivity contribution is 7.84. The van der Waals surface area contributed by atoms with E-state index in [9.17, 15) is 19.1 Å². The molecule has 0 spiro atoms. The molecule has 0 aliphatic carbocycles. The van der Waals surface area contributed by atoms with Gasteiger partial charge in [0.25, 0.3) is 5.69 Å². The average molecular weight is 457 g/mol. The summed E-state index contributed by atoms with van der Waals surface area (Å²) in [6.07, 6.45) is 3.75. The standard InChI is InChI=1S/C12H10N2O4S.C8H6N2OS/c1-19(17)11-5-3-10(4-6-11)18-12-7-2-9(8-13-12)14(15)16;9-4-6(5-10)8(11)7-2-1-3-12-7/h2-8H,1H3;1-4H,9H2/b;6-4+. The van der Waals surface area contributed by atoms with Crippen molar-refractivity contribution < 1.29 is 18.7 Å². The minimum absolute atomic E-state index is 0.0163. The van der Waals surface area contributed by atoms with E-state index >= 15 is 0 Å². The summed E-state index contributed by atoms with van der Waals surface area (Å²) in [6, 6.07) is 14.6. The third-order valence-corrected chi connectivity index (χ3v) is 5.39. The summed E-state index contributed by atoms with van der Waals surface area (Å²) in [5.41, 5.74) is 4.98. The topological polar surface area (TPSA) is 149 Å². The number of rotatable bonds is 6. The van der Waals surface area contributed by atoms with Crippen LogP contribution >= 0.6 is 11.3 Å². The fourth-order valence-electron chi connectivity index (χ4n) is 2.07. The Kier molecular flexibility index (Phi) is 8.56. The fraction of sp³-hybridized carbons (Fsp3) is 0.0500. The van der Waals surface area contributed by atoms with E-state index in [-0.39, 0.29) is 22.9 Å². The van der Waals surface area contributed by atoms with Gasteiger partial charge in [-0.15, -0.1) is 11.3 Å². The highest BCUT2D eigenvalue weighted by Gasteiger charge is 2.11. The third kappa shape index (κ3) is 6.84. The van der Waals surface area contributed by atoms with Crippen LogP contribution in [0.25, 0.3) is 0 Å². The molecule has 0 bridgehead atoms. The van der Waals surface area contributed by atoms with Gasteiger partial charge in [0, 0.05) is 40.3 Å². The number of carbonyl (C=O) groups excluding carboxylic acids is 1. The number of nitriles is 1. The number of hydrogen-bond acceptors (Lipinski definition) is 9. The summed E-state index contributed by atoms with van der Waals surface area (Å²) in [4.78, 5) is 26.3. The van der Waals surface area contributed by atoms with E-state index in [4.69, 9.17) is 15.7 Å². The molecule has 31 heavy (non-hydrogen) atoms. The summed E-state index contributed by atoms with van der Waals surface area (Å²) in [5, 5.41) is 20.7. The molecule has 1 atom stereocenters. The van der Waals surface area contributed by atoms with Crippen LogP contribution in [-0.2, 0) is 10.8 Å². The lowest BCUT2D eigenvalue weighted by molar-refractivity contribution is -0.385. The van der Waals surface area contributed by atoms with Crippen LogP contribution in [0.2, 0.25) is 0 Å². The van der Waals surface area contributed by atoms with Crippen LogP contribution in [0, 0.1) is 21.4 Å². The van der Waals surface area contributed by atoms with Crippen LogP contribution in [0.15, 0.2) is 76.8 Å². The van der Waals surface area contributed by atoms with Crippen LogP contribution in [0.1, 0.15) is 9.67 Å². The van der Waals surface area contributed by atoms with Gasteiger partial charge in [0.2, 0.25) is 11.7 Å². The summed E-state index contributed by atoms with van der Waals surface area (Å²) in [7, 11) is -1.04. The van der Waals surface area contributed by atoms with E-state index in [0.29, 0.717) is 15.5 Å². The van der Waals surface area contributed by atoms with Crippen molar-refractivity contribution in [3.8, 4) is 17.7 Å². The number of Topliss-reactive ketones (excluding diaryl/α,β-unsaturated/α-hetero) is 1. The number of hydrogen-bond donors (Lipinski definition) is 1. The first-order valence-corrected chi connectivity index (χ1v) is 10.9. The average Bonchev–Trinajstić information content (AvgIpc) is 3.31. The van der Waals surface area contributed by atoms with Gasteiger partial charge < -0.3 is 10.5 Å². The zero-order valence-electron chi connectivity index (χ0n) is 16.1. The fourth-order valence-corrected chi connectivity index (χ4v) is 3.26. The van der Waals surface area contributed by atoms with Crippen molar-refractivity contribution in [1.82, 2.24) is 4.98 Å². The number of thiophene rings is 1. The van der Waals surface area contributed by atoms with Crippen molar-refractivity contribution in [3.63, 3.8) is 0 Å². The van der Waals surface area contributed by atoms with Gasteiger partial charge in [0.05, 0.1) is 9.80 Å². The van der Waals surface area contributed by atoms with Crippen LogP contribution in [0.4, 0.5) is 5.69 Å². The van der Waals surface area contributed by atoms with Gasteiger partial charge in [-0.05, 0) is 35.7 Å². The number of pyridine rings is 1. The van der Waals surface area contributed by atoms with Crippen molar-refractivity contribution in [3.05, 3.63) is 86.9 Å². The highest BCUT2D eigenvalue weighted by Crippen LogP contribution is 2.22. The summed E-state index contributed by atoms with van der Waals surface area (Å²) < 4.78 is 16.6. The number of aromatic nitrogens is 1. The second-order valence-corrected chi connectivity index (χ2v) is 7.97. The predicted molar refractivity (Wildman–Crippen MR) is 116 cm³/mol. The second-order valence-electron chi connectivity index (χ2n) is 5.64. The third-order valence-electron chi connectivity index (χ3n) is 3.59. The molecule has 9 nitrogen and oxygen atoms in total. The van der Waals surface area contributed by atoms with Gasteiger partial charge in [0.15, 0.2) is 0 Å². The summed E-state index contributed by atoms with van der Waals surface area (Å²) >= 11 is 1.29. The van der Waals surface area contributed by atoms with Crippen molar-refractivity contribution in [2.45, 2.75) is 4.90 Å². The number of ether oxygens (including phenoxy) is 1. The Morgan fingerprint density at radius 3 is 2.45 bits per heavy atom. The van der Waals surface area contributed by atoms with Crippen LogP contribution in [0.5, 0.6) is 11.6 Å². The minimum atomic E-state index is -1.04. The van der Waals surface area contributed by atoms with Gasteiger partial charge >= 0.3 is 0 Å². The zero-order chi connectivity index (χ0) is 22.8. The van der Waals surface area contributed by atoms with Gasteiger partial charge in [0.1, 0.15) is 23.6 Å². The predicted octanol–water partition coefficient (Wildman–Crippen LogP) is 3.82. The van der Waals surface area contributed by atoms with Gasteiger partial charge in [-0.1, -0.05) is 6.07 Å². The Morgan fingerprint density at radius 2 is 2.00 bits per heavy atom. The number of nitrogens with zero attached hydrogens (tertiary/aromatic N) is 3. The molecule has 0 aliphatic rings. The minimum Gasteiger partial charge on any atom is -0.439 e. The lowest BCUT2D eigenvalue weighted by atomic mass is 10.2. The Bertz CT molecular complexity index is 1080. The normalized spacial score (nSPS) is 11.4. The number of benzene rings is 1. The maximum absolute atomic E-state index is 11.3. The molecule has 3 rings (SSSR count). The number of nitrogens with two attached hydrogens (primary N) is 1. The first kappa shape index (κ1) is 23.4. The molecule has 2 heterocycles. The molecule has 0 radical (unpaired) electrons. The van der Waals surface area contributed by atoms with Crippen molar-refractivity contribution in [2.24, 2.45) is 5.73 Å². The van der Waals surface area contributed by atoms with E-state index in [1.807, 2.05) is 0 Å². The molecule has 0 fully saturated rings. The van der Waals surface area contributed by atoms with Crippen molar-refractivity contribution in [1.29, 1.82) is 5.26 Å². The maximum atomic E-state index is 11.3. The molecule has 1 unspecified atom stereocenters. The van der Waals surface area contributed by atoms with E-state index in [1.165, 1.54) is 23.5 Å². The second kappa shape index (κ2) is 11.3. The number of carbonyl (C=O) groups is 1. The maximum Gasteiger partial charge on any atom is 0.287 e. The molecule has 1 aromatic carbocycles. The molecule has 2 aromatic heterocycles. The Labute approximate surface area is 184 Å². The van der Waals surface area contributed by atoms with E-state index in [1.54, 1.807) is 54.1 Å². The van der Waals surface area contributed by atoms with Gasteiger partial charge in [-0.2, -0.15) is 5.26 Å². The first-order chi connectivity index (χ1) is 14.8. The molecular formula is C20H16N4O5S2. The van der Waals surface area contributed by atoms with Gasteiger partial charge in [-0.25, -0.2) is 4.98 Å². The number of ketones is 1. The van der Waals surface area contributed by atoms with E-state index in [2.05, 4.69) is 4.98 Å². The van der Waals surface area contributed by atoms with Crippen LogP contribution in [0.3, 0.4) is 0 Å². The Morgan fingerprint density at radius 1 is 1.29 bits per heavy atom. The van der Waals surface area contributed by atoms with Crippen LogP contribution < -0.4 is 10.5 Å². The number of allylic oxidation sites excluding steroid dienone is 1. The number of nitro groups is 1. The molecule has 0 aliphatic heterocycles. The first-order valence-electron chi connectivity index (χ1n) is 8.47. The monoisotopic (exact) mass is 456 g/mol. The summed E-state index contributed by atoms with van der Waals surface area (Å²) in [5.74, 6) is 0.474. The Balaban J connectivity index is 0.000000245. The highest BCUT2D eigenvalue weighted by atomic mass is 32.2. The quantitative estimate of drug-likeness (QED) is 0.193. The molecule has 2 N–H and O–H groups in total. The lowest BCUT2D eigenvalue weighted by Crippen LogP contribution is -2.01. The van der Waals surface area contributed by atoms with E-state index < -0.39 is 15.7 Å². The zero-order valence-corrected chi connectivity index (χ0v) is 17.8. The van der Waals surface area contributed by atoms with Crippen molar-refractivity contribution in [2.75, 3.05) is 6.26 Å². The molecule has 11 heteroatoms. The molecule has 0 saturated carbocycles. The SMILES string of the molecule is CS(=O)c1ccc(Oc2ccc([N+](=O)[O-])cn2)cc1.N#C/C(=C\N)C(=O)c1cccs1. The van der Waals surface area contributed by atoms with Crippen molar-refractivity contribution >= 4 is 33.6 Å². The Hall–Kier alpha value is -3.88. The molecule has 158 valence electrons.